The fraction of sp³-hybridized carbons (Fsp3) is 0.636. The van der Waals surface area contributed by atoms with Crippen molar-refractivity contribution >= 4 is 11.9 Å². The molecule has 2 aliphatic heterocycles. The molecule has 2 rings (SSSR count). The fourth-order valence-electron chi connectivity index (χ4n) is 2.22. The first-order chi connectivity index (χ1) is 8.20. The lowest BCUT2D eigenvalue weighted by Gasteiger charge is -2.35. The third-order valence-electron chi connectivity index (χ3n) is 3.07. The molecule has 2 heterocycles. The summed E-state index contributed by atoms with van der Waals surface area (Å²) in [7, 11) is 0. The van der Waals surface area contributed by atoms with Crippen molar-refractivity contribution in [1.82, 2.24) is 20.4 Å². The van der Waals surface area contributed by atoms with Crippen LogP contribution in [-0.4, -0.2) is 67.0 Å². The van der Waals surface area contributed by atoms with E-state index in [-0.39, 0.29) is 24.5 Å². The van der Waals surface area contributed by atoms with Crippen LogP contribution in [0.1, 0.15) is 0 Å². The van der Waals surface area contributed by atoms with Gasteiger partial charge < -0.3 is 15.5 Å². The van der Waals surface area contributed by atoms with Crippen LogP contribution in [0.2, 0.25) is 0 Å². The van der Waals surface area contributed by atoms with Gasteiger partial charge in [-0.05, 0) is 0 Å². The summed E-state index contributed by atoms with van der Waals surface area (Å²) in [5, 5.41) is 5.44. The van der Waals surface area contributed by atoms with Gasteiger partial charge >= 0.3 is 6.03 Å². The Bertz CT molecular complexity index is 363. The van der Waals surface area contributed by atoms with Crippen LogP contribution >= 0.6 is 0 Å². The van der Waals surface area contributed by atoms with E-state index in [0.29, 0.717) is 19.6 Å². The molecule has 2 aliphatic rings. The zero-order valence-electron chi connectivity index (χ0n) is 9.61. The lowest BCUT2D eigenvalue weighted by atomic mass is 10.2. The summed E-state index contributed by atoms with van der Waals surface area (Å²) in [6.07, 6.45) is 5.06. The van der Waals surface area contributed by atoms with Gasteiger partial charge in [0.15, 0.2) is 0 Å². The van der Waals surface area contributed by atoms with Gasteiger partial charge in [-0.2, -0.15) is 0 Å². The molecular formula is C11H16N4O2. The lowest BCUT2D eigenvalue weighted by Crippen LogP contribution is -2.54. The van der Waals surface area contributed by atoms with Crippen LogP contribution in [0.3, 0.4) is 0 Å². The first-order valence-electron chi connectivity index (χ1n) is 5.67. The lowest BCUT2D eigenvalue weighted by molar-refractivity contribution is -0.122. The van der Waals surface area contributed by atoms with Crippen molar-refractivity contribution < 1.29 is 9.59 Å². The van der Waals surface area contributed by atoms with E-state index in [4.69, 9.17) is 6.42 Å². The maximum atomic E-state index is 11.5. The summed E-state index contributed by atoms with van der Waals surface area (Å²) < 4.78 is 0. The van der Waals surface area contributed by atoms with Crippen molar-refractivity contribution in [2.24, 2.45) is 0 Å². The van der Waals surface area contributed by atoms with Crippen LogP contribution in [-0.2, 0) is 4.79 Å². The molecule has 17 heavy (non-hydrogen) atoms. The number of carbonyl (C=O) groups excluding carboxylic acids is 2. The van der Waals surface area contributed by atoms with Gasteiger partial charge in [-0.15, -0.1) is 6.42 Å². The number of fused-ring (bicyclic) bond motifs is 1. The minimum atomic E-state index is -0.0614. The number of nitrogens with zero attached hydrogens (tertiary/aromatic N) is 2. The average molecular weight is 236 g/mol. The molecule has 1 atom stereocenters. The Kier molecular flexibility index (Phi) is 3.49. The fourth-order valence-corrected chi connectivity index (χ4v) is 2.22. The van der Waals surface area contributed by atoms with Crippen LogP contribution < -0.4 is 10.6 Å². The molecule has 0 aromatic heterocycles. The Balaban J connectivity index is 1.79. The monoisotopic (exact) mass is 236 g/mol. The second-order valence-electron chi connectivity index (χ2n) is 4.25. The Morgan fingerprint density at radius 3 is 3.18 bits per heavy atom. The van der Waals surface area contributed by atoms with Gasteiger partial charge in [0, 0.05) is 26.2 Å². The number of piperazine rings is 1. The van der Waals surface area contributed by atoms with Crippen LogP contribution in [0.25, 0.3) is 0 Å². The molecule has 3 amide bonds. The molecular weight excluding hydrogens is 220 g/mol. The van der Waals surface area contributed by atoms with Gasteiger partial charge in [0.1, 0.15) is 0 Å². The van der Waals surface area contributed by atoms with Crippen molar-refractivity contribution in [1.29, 1.82) is 0 Å². The Hall–Kier alpha value is -1.74. The summed E-state index contributed by atoms with van der Waals surface area (Å²) in [6.45, 7) is 3.43. The summed E-state index contributed by atoms with van der Waals surface area (Å²) in [6, 6.07) is 0.197. The molecule has 0 aromatic carbocycles. The van der Waals surface area contributed by atoms with Crippen molar-refractivity contribution in [3.63, 3.8) is 0 Å². The number of nitrogens with one attached hydrogen (secondary N) is 2. The van der Waals surface area contributed by atoms with Crippen molar-refractivity contribution in [3.8, 4) is 12.3 Å². The molecule has 6 heteroatoms. The van der Waals surface area contributed by atoms with Gasteiger partial charge in [0.05, 0.1) is 19.1 Å². The molecule has 2 fully saturated rings. The second kappa shape index (κ2) is 5.06. The standard InChI is InChI=1S/C11H16N4O2/c1-2-3-12-10(16)8-14-4-5-15-9(7-14)6-13-11(15)17/h1,9H,3-8H2,(H,12,16)(H,13,17). The van der Waals surface area contributed by atoms with Crippen molar-refractivity contribution in [2.45, 2.75) is 6.04 Å². The first-order valence-corrected chi connectivity index (χ1v) is 5.67. The zero-order valence-corrected chi connectivity index (χ0v) is 9.61. The molecule has 0 aromatic rings. The molecule has 92 valence electrons. The van der Waals surface area contributed by atoms with Gasteiger partial charge in [-0.3, -0.25) is 9.69 Å². The van der Waals surface area contributed by atoms with E-state index in [0.717, 1.165) is 13.1 Å². The maximum Gasteiger partial charge on any atom is 0.317 e. The molecule has 2 saturated heterocycles. The molecule has 0 radical (unpaired) electrons. The summed E-state index contributed by atoms with van der Waals surface area (Å²) >= 11 is 0. The van der Waals surface area contributed by atoms with Gasteiger partial charge in [-0.1, -0.05) is 5.92 Å². The zero-order chi connectivity index (χ0) is 12.3. The number of hydrogen-bond acceptors (Lipinski definition) is 3. The highest BCUT2D eigenvalue weighted by Gasteiger charge is 2.35. The Morgan fingerprint density at radius 2 is 2.41 bits per heavy atom. The maximum absolute atomic E-state index is 11.5. The number of carbonyl (C=O) groups is 2. The van der Waals surface area contributed by atoms with E-state index in [1.54, 1.807) is 0 Å². The number of rotatable bonds is 3. The molecule has 1 unspecified atom stereocenters. The largest absolute Gasteiger partial charge is 0.344 e. The topological polar surface area (TPSA) is 64.7 Å². The minimum absolute atomic E-state index is 0.00596. The van der Waals surface area contributed by atoms with Crippen LogP contribution in [0.5, 0.6) is 0 Å². The van der Waals surface area contributed by atoms with Crippen molar-refractivity contribution in [2.75, 3.05) is 39.3 Å². The SMILES string of the molecule is C#CCNC(=O)CN1CCN2C(=O)NCC2C1. The summed E-state index contributed by atoms with van der Waals surface area (Å²) in [4.78, 5) is 26.7. The molecule has 0 saturated carbocycles. The molecule has 0 spiro atoms. The highest BCUT2D eigenvalue weighted by Crippen LogP contribution is 2.13. The van der Waals surface area contributed by atoms with Crippen LogP contribution in [0.4, 0.5) is 4.79 Å². The smallest absolute Gasteiger partial charge is 0.317 e. The third kappa shape index (κ3) is 2.68. The summed E-state index contributed by atoms with van der Waals surface area (Å²) in [5.74, 6) is 2.30. The molecule has 0 bridgehead atoms. The van der Waals surface area contributed by atoms with Crippen molar-refractivity contribution in [3.05, 3.63) is 0 Å². The number of terminal acetylenes is 1. The molecule has 2 N–H and O–H groups in total. The number of amides is 3. The van der Waals surface area contributed by atoms with E-state index in [9.17, 15) is 9.59 Å². The van der Waals surface area contributed by atoms with E-state index in [1.807, 2.05) is 9.80 Å². The predicted molar refractivity (Wildman–Crippen MR) is 62.2 cm³/mol. The normalized spacial score (nSPS) is 23.8. The van der Waals surface area contributed by atoms with Gasteiger partial charge in [-0.25, -0.2) is 4.79 Å². The Morgan fingerprint density at radius 1 is 1.59 bits per heavy atom. The molecule has 6 nitrogen and oxygen atoms in total. The first kappa shape index (κ1) is 11.7. The van der Waals surface area contributed by atoms with Gasteiger partial charge in [0.2, 0.25) is 5.91 Å². The van der Waals surface area contributed by atoms with Crippen LogP contribution in [0.15, 0.2) is 0 Å². The highest BCUT2D eigenvalue weighted by atomic mass is 16.2. The number of urea groups is 1. The number of hydrogen-bond donors (Lipinski definition) is 2. The third-order valence-corrected chi connectivity index (χ3v) is 3.07. The van der Waals surface area contributed by atoms with E-state index in [1.165, 1.54) is 0 Å². The second-order valence-corrected chi connectivity index (χ2v) is 4.25. The quantitative estimate of drug-likeness (QED) is 0.583. The Labute approximate surface area is 100 Å². The van der Waals surface area contributed by atoms with E-state index >= 15 is 0 Å². The van der Waals surface area contributed by atoms with Gasteiger partial charge in [0.25, 0.3) is 0 Å². The van der Waals surface area contributed by atoms with E-state index < -0.39 is 0 Å². The minimum Gasteiger partial charge on any atom is -0.344 e. The molecule has 0 aliphatic carbocycles. The predicted octanol–water partition coefficient (Wildman–Crippen LogP) is -1.55. The van der Waals surface area contributed by atoms with Crippen LogP contribution in [0, 0.1) is 12.3 Å². The highest BCUT2D eigenvalue weighted by molar-refractivity contribution is 5.79. The van der Waals surface area contributed by atoms with E-state index in [2.05, 4.69) is 16.6 Å². The summed E-state index contributed by atoms with van der Waals surface area (Å²) in [5.41, 5.74) is 0. The average Bonchev–Trinajstić information content (AvgIpc) is 2.68.